The maximum absolute atomic E-state index is 14.0. The lowest BCUT2D eigenvalue weighted by molar-refractivity contribution is -0.186. The molecule has 1 atom stereocenters. The Hall–Kier alpha value is -2.87. The van der Waals surface area contributed by atoms with Crippen LogP contribution in [0, 0.1) is 12.7 Å². The van der Waals surface area contributed by atoms with E-state index in [1.165, 1.54) is 31.2 Å². The number of rotatable bonds is 4. The number of aryl methyl sites for hydroxylation is 1. The number of alkyl halides is 3. The number of hydrogen-bond donors (Lipinski definition) is 0. The van der Waals surface area contributed by atoms with Crippen LogP contribution in [0.25, 0.3) is 10.9 Å². The van der Waals surface area contributed by atoms with Crippen LogP contribution in [0.4, 0.5) is 17.6 Å². The van der Waals surface area contributed by atoms with E-state index in [0.29, 0.717) is 16.0 Å². The van der Waals surface area contributed by atoms with Gasteiger partial charge in [-0.3, -0.25) is 4.79 Å². The number of amides is 1. The fourth-order valence-electron chi connectivity index (χ4n) is 3.04. The molecule has 0 saturated heterocycles. The second-order valence-corrected chi connectivity index (χ2v) is 7.13. The van der Waals surface area contributed by atoms with Crippen molar-refractivity contribution in [3.63, 3.8) is 0 Å². The number of hydrogen-bond acceptors (Lipinski definition) is 3. The molecule has 0 spiro atoms. The van der Waals surface area contributed by atoms with Crippen molar-refractivity contribution in [3.05, 3.63) is 64.6 Å². The zero-order chi connectivity index (χ0) is 22.2. The van der Waals surface area contributed by atoms with Crippen LogP contribution in [0.5, 0.6) is 11.5 Å². The highest BCUT2D eigenvalue weighted by atomic mass is 35.5. The number of pyridine rings is 1. The summed E-state index contributed by atoms with van der Waals surface area (Å²) in [7, 11) is 1.04. The molecule has 0 bridgehead atoms. The monoisotopic (exact) mass is 440 g/mol. The molecule has 9 heteroatoms. The molecule has 4 nitrogen and oxygen atoms in total. The maximum Gasteiger partial charge on any atom is 0.471 e. The maximum atomic E-state index is 14.0. The Labute approximate surface area is 175 Å². The lowest BCUT2D eigenvalue weighted by atomic mass is 10.1. The summed E-state index contributed by atoms with van der Waals surface area (Å²) in [4.78, 5) is 16.4. The van der Waals surface area contributed by atoms with Gasteiger partial charge in [0.15, 0.2) is 0 Å². The summed E-state index contributed by atoms with van der Waals surface area (Å²) in [6.07, 6.45) is -5.02. The first-order valence-electron chi connectivity index (χ1n) is 8.86. The summed E-state index contributed by atoms with van der Waals surface area (Å²) in [5.74, 6) is -2.03. The zero-order valence-electron chi connectivity index (χ0n) is 16.2. The Balaban J connectivity index is 2.03. The number of fused-ring (bicyclic) bond motifs is 1. The normalized spacial score (nSPS) is 12.7. The SMILES string of the molecule is Cc1nc2c(F)cccc2cc1Oc1cccc(Cl)c1C(C)N(C)C(=O)C(F)(F)F. The van der Waals surface area contributed by atoms with Gasteiger partial charge in [0.05, 0.1) is 11.7 Å². The molecule has 1 unspecified atom stereocenters. The Morgan fingerprint density at radius 2 is 1.83 bits per heavy atom. The molecule has 0 aliphatic rings. The van der Waals surface area contributed by atoms with Crippen molar-refractivity contribution < 1.29 is 27.1 Å². The third kappa shape index (κ3) is 4.18. The molecule has 2 aromatic carbocycles. The van der Waals surface area contributed by atoms with Gasteiger partial charge in [-0.05, 0) is 38.1 Å². The first-order valence-corrected chi connectivity index (χ1v) is 9.24. The van der Waals surface area contributed by atoms with Crippen molar-refractivity contribution in [1.29, 1.82) is 0 Å². The van der Waals surface area contributed by atoms with Crippen molar-refractivity contribution in [1.82, 2.24) is 9.88 Å². The largest absolute Gasteiger partial charge is 0.471 e. The molecule has 0 N–H and O–H groups in total. The molecule has 1 aromatic heterocycles. The number of aromatic nitrogens is 1. The molecular weight excluding hydrogens is 424 g/mol. The van der Waals surface area contributed by atoms with Crippen LogP contribution >= 0.6 is 11.6 Å². The van der Waals surface area contributed by atoms with Crippen LogP contribution in [-0.4, -0.2) is 29.0 Å². The average molecular weight is 441 g/mol. The third-order valence-corrected chi connectivity index (χ3v) is 5.06. The molecule has 0 fully saturated rings. The van der Waals surface area contributed by atoms with Gasteiger partial charge in [-0.1, -0.05) is 29.8 Å². The van der Waals surface area contributed by atoms with Gasteiger partial charge in [-0.2, -0.15) is 13.2 Å². The van der Waals surface area contributed by atoms with E-state index in [-0.39, 0.29) is 27.6 Å². The predicted octanol–water partition coefficient (Wildman–Crippen LogP) is 6.21. The average Bonchev–Trinajstić information content (AvgIpc) is 2.67. The number of carbonyl (C=O) groups is 1. The van der Waals surface area contributed by atoms with Gasteiger partial charge in [0.1, 0.15) is 22.8 Å². The summed E-state index contributed by atoms with van der Waals surface area (Å²) in [6, 6.07) is 9.63. The number of halogens is 5. The summed E-state index contributed by atoms with van der Waals surface area (Å²) < 4.78 is 58.5. The van der Waals surface area contributed by atoms with Gasteiger partial charge in [0.2, 0.25) is 0 Å². The molecule has 0 aliphatic heterocycles. The highest BCUT2D eigenvalue weighted by Gasteiger charge is 2.43. The molecular formula is C21H17ClF4N2O2. The van der Waals surface area contributed by atoms with Gasteiger partial charge in [0.25, 0.3) is 0 Å². The lowest BCUT2D eigenvalue weighted by Gasteiger charge is -2.28. The smallest absolute Gasteiger partial charge is 0.455 e. The van der Waals surface area contributed by atoms with E-state index in [1.807, 2.05) is 0 Å². The summed E-state index contributed by atoms with van der Waals surface area (Å²) in [5.41, 5.74) is 0.765. The second-order valence-electron chi connectivity index (χ2n) is 6.73. The fourth-order valence-corrected chi connectivity index (χ4v) is 3.36. The first-order chi connectivity index (χ1) is 14.0. The zero-order valence-corrected chi connectivity index (χ0v) is 17.0. The van der Waals surface area contributed by atoms with Crippen molar-refractivity contribution in [2.75, 3.05) is 7.05 Å². The Morgan fingerprint density at radius 3 is 2.50 bits per heavy atom. The van der Waals surface area contributed by atoms with Gasteiger partial charge < -0.3 is 9.64 Å². The number of ether oxygens (including phenoxy) is 1. The Kier molecular flexibility index (Phi) is 5.90. The molecule has 0 aliphatic carbocycles. The number of nitrogens with zero attached hydrogens (tertiary/aromatic N) is 2. The van der Waals surface area contributed by atoms with Crippen molar-refractivity contribution in [2.24, 2.45) is 0 Å². The second kappa shape index (κ2) is 8.10. The lowest BCUT2D eigenvalue weighted by Crippen LogP contribution is -2.40. The van der Waals surface area contributed by atoms with E-state index in [0.717, 1.165) is 7.05 Å². The molecule has 30 heavy (non-hydrogen) atoms. The summed E-state index contributed by atoms with van der Waals surface area (Å²) in [6.45, 7) is 3.03. The first kappa shape index (κ1) is 21.8. The van der Waals surface area contributed by atoms with Crippen LogP contribution in [0.15, 0.2) is 42.5 Å². The van der Waals surface area contributed by atoms with Crippen molar-refractivity contribution in [3.8, 4) is 11.5 Å². The fraction of sp³-hybridized carbons (Fsp3) is 0.238. The summed E-state index contributed by atoms with van der Waals surface area (Å²) in [5, 5.41) is 0.635. The number of carbonyl (C=O) groups excluding carboxylic acids is 1. The number of benzene rings is 2. The minimum atomic E-state index is -5.02. The van der Waals surface area contributed by atoms with E-state index in [4.69, 9.17) is 16.3 Å². The van der Waals surface area contributed by atoms with E-state index in [1.54, 1.807) is 25.1 Å². The summed E-state index contributed by atoms with van der Waals surface area (Å²) >= 11 is 6.24. The molecule has 0 radical (unpaired) electrons. The van der Waals surface area contributed by atoms with Crippen molar-refractivity contribution >= 4 is 28.4 Å². The highest BCUT2D eigenvalue weighted by Crippen LogP contribution is 2.39. The topological polar surface area (TPSA) is 42.4 Å². The molecule has 3 aromatic rings. The van der Waals surface area contributed by atoms with Crippen LogP contribution in [0.1, 0.15) is 24.2 Å². The van der Waals surface area contributed by atoms with E-state index in [2.05, 4.69) is 4.98 Å². The van der Waals surface area contributed by atoms with Crippen LogP contribution in [0.2, 0.25) is 5.02 Å². The number of para-hydroxylation sites is 1. The molecule has 0 saturated carbocycles. The van der Waals surface area contributed by atoms with Crippen LogP contribution in [-0.2, 0) is 4.79 Å². The minimum Gasteiger partial charge on any atom is -0.455 e. The predicted molar refractivity (Wildman–Crippen MR) is 105 cm³/mol. The molecule has 1 amide bonds. The molecule has 158 valence electrons. The van der Waals surface area contributed by atoms with Gasteiger partial charge in [-0.15, -0.1) is 0 Å². The molecule has 3 rings (SSSR count). The van der Waals surface area contributed by atoms with E-state index in [9.17, 15) is 22.4 Å². The quantitative estimate of drug-likeness (QED) is 0.453. The minimum absolute atomic E-state index is 0.138. The third-order valence-electron chi connectivity index (χ3n) is 4.74. The van der Waals surface area contributed by atoms with Gasteiger partial charge in [-0.25, -0.2) is 9.37 Å². The van der Waals surface area contributed by atoms with E-state index >= 15 is 0 Å². The van der Waals surface area contributed by atoms with Crippen molar-refractivity contribution in [2.45, 2.75) is 26.1 Å². The Bertz CT molecular complexity index is 1120. The van der Waals surface area contributed by atoms with Crippen LogP contribution < -0.4 is 4.74 Å². The highest BCUT2D eigenvalue weighted by molar-refractivity contribution is 6.31. The molecule has 1 heterocycles. The standard InChI is InChI=1S/C21H17ClF4N2O2/c1-11-17(10-13-6-4-8-15(23)19(13)27-11)30-16-9-5-7-14(22)18(16)12(2)28(3)20(29)21(24,25)26/h4-10,12H,1-3H3. The van der Waals surface area contributed by atoms with E-state index < -0.39 is 23.9 Å². The van der Waals surface area contributed by atoms with Gasteiger partial charge >= 0.3 is 12.1 Å². The Morgan fingerprint density at radius 1 is 1.17 bits per heavy atom. The van der Waals surface area contributed by atoms with Gasteiger partial charge in [0, 0.05) is 23.0 Å². The van der Waals surface area contributed by atoms with Crippen LogP contribution in [0.3, 0.4) is 0 Å².